The number of piperazine rings is 1. The number of rotatable bonds is 5. The Morgan fingerprint density at radius 2 is 1.71 bits per heavy atom. The van der Waals surface area contributed by atoms with Gasteiger partial charge in [0.25, 0.3) is 0 Å². The summed E-state index contributed by atoms with van der Waals surface area (Å²) in [6.45, 7) is 8.89. The first-order valence-electron chi connectivity index (χ1n) is 10.5. The van der Waals surface area contributed by atoms with Crippen molar-refractivity contribution in [3.8, 4) is 0 Å². The Morgan fingerprint density at radius 3 is 2.32 bits per heavy atom. The lowest BCUT2D eigenvalue weighted by molar-refractivity contribution is 0.0135. The summed E-state index contributed by atoms with van der Waals surface area (Å²) in [5, 5.41) is 0. The van der Waals surface area contributed by atoms with Gasteiger partial charge in [0.1, 0.15) is 17.3 Å². The molecule has 3 heterocycles. The number of ether oxygens (including phenoxy) is 1. The molecule has 0 spiro atoms. The van der Waals surface area contributed by atoms with Gasteiger partial charge in [-0.25, -0.2) is 4.39 Å². The second-order valence-electron chi connectivity index (χ2n) is 7.76. The Kier molecular flexibility index (Phi) is 8.56. The molecule has 0 bridgehead atoms. The molecule has 1 atom stereocenters. The summed E-state index contributed by atoms with van der Waals surface area (Å²) in [5.74, 6) is 2.18. The van der Waals surface area contributed by atoms with Gasteiger partial charge in [-0.2, -0.15) is 0 Å². The van der Waals surface area contributed by atoms with E-state index in [0.29, 0.717) is 12.5 Å². The number of hydrogen-bond donors (Lipinski definition) is 1. The molecule has 0 radical (unpaired) electrons. The molecule has 2 aliphatic rings. The van der Waals surface area contributed by atoms with Crippen LogP contribution in [-0.2, 0) is 4.74 Å². The third-order valence-electron chi connectivity index (χ3n) is 5.80. The topological polar surface area (TPSA) is 70.5 Å². The predicted octanol–water partition coefficient (Wildman–Crippen LogP) is 2.86. The number of morpholine rings is 1. The van der Waals surface area contributed by atoms with E-state index in [9.17, 15) is 4.39 Å². The van der Waals surface area contributed by atoms with Gasteiger partial charge < -0.3 is 24.7 Å². The SMILES string of the molecule is Cc1ccc(C(CN=C(N)N2CCN(c3ccc(F)cc3)CC2)N2CCOCC2)o1.I. The molecule has 9 heteroatoms. The van der Waals surface area contributed by atoms with Crippen LogP contribution in [0.5, 0.6) is 0 Å². The highest BCUT2D eigenvalue weighted by Gasteiger charge is 2.26. The van der Waals surface area contributed by atoms with Crippen molar-refractivity contribution in [1.29, 1.82) is 0 Å². The van der Waals surface area contributed by atoms with Crippen LogP contribution in [0, 0.1) is 12.7 Å². The van der Waals surface area contributed by atoms with Crippen molar-refractivity contribution in [2.24, 2.45) is 10.7 Å². The average Bonchev–Trinajstić information content (AvgIpc) is 3.21. The van der Waals surface area contributed by atoms with Crippen LogP contribution >= 0.6 is 24.0 Å². The number of halogens is 2. The van der Waals surface area contributed by atoms with Crippen molar-refractivity contribution in [2.75, 3.05) is 63.9 Å². The number of aliphatic imine (C=N–C) groups is 1. The fourth-order valence-corrected chi connectivity index (χ4v) is 4.03. The van der Waals surface area contributed by atoms with Crippen LogP contribution < -0.4 is 10.6 Å². The zero-order chi connectivity index (χ0) is 20.9. The van der Waals surface area contributed by atoms with Gasteiger partial charge in [-0.3, -0.25) is 9.89 Å². The number of anilines is 1. The van der Waals surface area contributed by atoms with Gasteiger partial charge in [0.05, 0.1) is 25.8 Å². The summed E-state index contributed by atoms with van der Waals surface area (Å²) in [6, 6.07) is 10.7. The van der Waals surface area contributed by atoms with E-state index in [1.807, 2.05) is 31.2 Å². The lowest BCUT2D eigenvalue weighted by Gasteiger charge is -2.37. The van der Waals surface area contributed by atoms with E-state index in [1.165, 1.54) is 12.1 Å². The first-order valence-corrected chi connectivity index (χ1v) is 10.5. The first-order chi connectivity index (χ1) is 14.6. The van der Waals surface area contributed by atoms with Gasteiger partial charge in [-0.1, -0.05) is 0 Å². The molecule has 1 aromatic carbocycles. The molecule has 2 aromatic rings. The summed E-state index contributed by atoms with van der Waals surface area (Å²) < 4.78 is 24.6. The molecule has 1 unspecified atom stereocenters. The number of guanidine groups is 1. The minimum atomic E-state index is -0.213. The Hall–Kier alpha value is -1.85. The van der Waals surface area contributed by atoms with E-state index < -0.39 is 0 Å². The van der Waals surface area contributed by atoms with E-state index >= 15 is 0 Å². The number of furan rings is 1. The van der Waals surface area contributed by atoms with Crippen LogP contribution in [0.4, 0.5) is 10.1 Å². The van der Waals surface area contributed by atoms with Crippen LogP contribution in [-0.4, -0.2) is 74.8 Å². The Labute approximate surface area is 200 Å². The molecule has 2 N–H and O–H groups in total. The van der Waals surface area contributed by atoms with Crippen molar-refractivity contribution in [3.63, 3.8) is 0 Å². The number of nitrogens with zero attached hydrogens (tertiary/aromatic N) is 4. The van der Waals surface area contributed by atoms with Crippen molar-refractivity contribution in [3.05, 3.63) is 53.7 Å². The largest absolute Gasteiger partial charge is 0.465 e. The molecule has 0 saturated carbocycles. The lowest BCUT2D eigenvalue weighted by atomic mass is 10.1. The average molecular weight is 543 g/mol. The Bertz CT molecular complexity index is 846. The lowest BCUT2D eigenvalue weighted by Crippen LogP contribution is -2.51. The third-order valence-corrected chi connectivity index (χ3v) is 5.80. The summed E-state index contributed by atoms with van der Waals surface area (Å²) in [4.78, 5) is 11.4. The first kappa shape index (κ1) is 23.8. The maximum atomic E-state index is 13.2. The molecule has 0 aliphatic carbocycles. The van der Waals surface area contributed by atoms with E-state index in [4.69, 9.17) is 19.9 Å². The standard InChI is InChI=1S/C22H30FN5O2.HI/c1-17-2-7-21(30-17)20(27-12-14-29-15-13-27)16-25-22(24)28-10-8-26(9-11-28)19-5-3-18(23)4-6-19;/h2-7,20H,8-16H2,1H3,(H2,24,25);1H. The Balaban J connectivity index is 0.00000272. The van der Waals surface area contributed by atoms with Gasteiger partial charge in [0.2, 0.25) is 0 Å². The second kappa shape index (κ2) is 11.1. The van der Waals surface area contributed by atoms with Crippen LogP contribution in [0.25, 0.3) is 0 Å². The van der Waals surface area contributed by atoms with Crippen LogP contribution in [0.2, 0.25) is 0 Å². The molecule has 170 valence electrons. The van der Waals surface area contributed by atoms with Gasteiger partial charge in [-0.05, 0) is 43.3 Å². The predicted molar refractivity (Wildman–Crippen MR) is 131 cm³/mol. The monoisotopic (exact) mass is 543 g/mol. The van der Waals surface area contributed by atoms with Gasteiger partial charge in [0.15, 0.2) is 5.96 Å². The van der Waals surface area contributed by atoms with Crippen LogP contribution in [0.1, 0.15) is 17.6 Å². The van der Waals surface area contributed by atoms with E-state index in [0.717, 1.165) is 69.7 Å². The highest BCUT2D eigenvalue weighted by Crippen LogP contribution is 2.24. The van der Waals surface area contributed by atoms with E-state index in [1.54, 1.807) is 0 Å². The number of benzene rings is 1. The summed E-state index contributed by atoms with van der Waals surface area (Å²) in [7, 11) is 0. The van der Waals surface area contributed by atoms with Crippen LogP contribution in [0.15, 0.2) is 45.8 Å². The maximum Gasteiger partial charge on any atom is 0.191 e. The molecule has 4 rings (SSSR count). The van der Waals surface area contributed by atoms with Gasteiger partial charge in [0, 0.05) is 45.0 Å². The Morgan fingerprint density at radius 1 is 1.03 bits per heavy atom. The van der Waals surface area contributed by atoms with E-state index in [-0.39, 0.29) is 35.8 Å². The fourth-order valence-electron chi connectivity index (χ4n) is 4.03. The van der Waals surface area contributed by atoms with Crippen molar-refractivity contribution < 1.29 is 13.5 Å². The third kappa shape index (κ3) is 6.11. The molecule has 2 fully saturated rings. The molecular weight excluding hydrogens is 512 g/mol. The van der Waals surface area contributed by atoms with Gasteiger partial charge in [-0.15, -0.1) is 24.0 Å². The molecule has 7 nitrogen and oxygen atoms in total. The minimum absolute atomic E-state index is 0. The maximum absolute atomic E-state index is 13.2. The summed E-state index contributed by atoms with van der Waals surface area (Å²) in [6.07, 6.45) is 0. The van der Waals surface area contributed by atoms with Crippen molar-refractivity contribution in [2.45, 2.75) is 13.0 Å². The fraction of sp³-hybridized carbons (Fsp3) is 0.500. The molecular formula is C22H31FIN5O2. The number of nitrogens with two attached hydrogens (primary N) is 1. The number of aryl methyl sites for hydroxylation is 1. The summed E-state index contributed by atoms with van der Waals surface area (Å²) in [5.41, 5.74) is 7.38. The summed E-state index contributed by atoms with van der Waals surface area (Å²) >= 11 is 0. The number of hydrogen-bond acceptors (Lipinski definition) is 5. The van der Waals surface area contributed by atoms with E-state index in [2.05, 4.69) is 14.7 Å². The molecule has 1 aromatic heterocycles. The molecule has 2 aliphatic heterocycles. The normalized spacial score (nSPS) is 19.2. The van der Waals surface area contributed by atoms with Crippen LogP contribution in [0.3, 0.4) is 0 Å². The molecule has 2 saturated heterocycles. The highest BCUT2D eigenvalue weighted by molar-refractivity contribution is 14.0. The van der Waals surface area contributed by atoms with Gasteiger partial charge >= 0.3 is 0 Å². The molecule has 0 amide bonds. The zero-order valence-corrected chi connectivity index (χ0v) is 20.2. The molecule has 31 heavy (non-hydrogen) atoms. The highest BCUT2D eigenvalue weighted by atomic mass is 127. The van der Waals surface area contributed by atoms with Crippen molar-refractivity contribution >= 4 is 35.6 Å². The van der Waals surface area contributed by atoms with Crippen molar-refractivity contribution in [1.82, 2.24) is 9.80 Å². The zero-order valence-electron chi connectivity index (χ0n) is 17.9. The minimum Gasteiger partial charge on any atom is -0.465 e. The smallest absolute Gasteiger partial charge is 0.191 e. The second-order valence-corrected chi connectivity index (χ2v) is 7.76. The quantitative estimate of drug-likeness (QED) is 0.356.